The maximum atomic E-state index is 12.9. The molecule has 0 unspecified atom stereocenters. The summed E-state index contributed by atoms with van der Waals surface area (Å²) in [6.07, 6.45) is 2.88. The Morgan fingerprint density at radius 3 is 2.48 bits per heavy atom. The molecule has 5 nitrogen and oxygen atoms in total. The summed E-state index contributed by atoms with van der Waals surface area (Å²) < 4.78 is 18.1. The summed E-state index contributed by atoms with van der Waals surface area (Å²) in [6, 6.07) is 11.6. The monoisotopic (exact) mass is 311 g/mol. The number of ether oxygens (including phenoxy) is 1. The van der Waals surface area contributed by atoms with Gasteiger partial charge in [-0.25, -0.2) is 9.18 Å². The molecule has 0 spiro atoms. The van der Waals surface area contributed by atoms with Crippen LogP contribution >= 0.6 is 0 Å². The molecule has 0 radical (unpaired) electrons. The van der Waals surface area contributed by atoms with Crippen LogP contribution < -0.4 is 0 Å². The van der Waals surface area contributed by atoms with Gasteiger partial charge in [0, 0.05) is 11.6 Å². The van der Waals surface area contributed by atoms with Gasteiger partial charge in [-0.1, -0.05) is 12.1 Å². The van der Waals surface area contributed by atoms with Gasteiger partial charge in [-0.2, -0.15) is 0 Å². The molecule has 3 rings (SSSR count). The normalized spacial score (nSPS) is 15.4. The van der Waals surface area contributed by atoms with Crippen molar-refractivity contribution in [3.8, 4) is 0 Å². The molecule has 1 aliphatic rings. The van der Waals surface area contributed by atoms with E-state index in [9.17, 15) is 19.3 Å². The number of carbonyl (C=O) groups excluding carboxylic acids is 1. The zero-order valence-electron chi connectivity index (χ0n) is 11.7. The SMILES string of the molecule is O=C1OC(c2ccc(F)cc2)=CC1=Cc1ccccc1[N+](=O)[O-]. The zero-order valence-corrected chi connectivity index (χ0v) is 11.7. The molecule has 114 valence electrons. The number of nitro groups is 1. The van der Waals surface area contributed by atoms with E-state index in [0.717, 1.165) is 0 Å². The molecule has 0 fully saturated rings. The van der Waals surface area contributed by atoms with Crippen LogP contribution in [-0.2, 0) is 9.53 Å². The van der Waals surface area contributed by atoms with Crippen LogP contribution in [0.15, 0.2) is 60.2 Å². The van der Waals surface area contributed by atoms with Gasteiger partial charge in [-0.3, -0.25) is 10.1 Å². The Morgan fingerprint density at radius 1 is 1.09 bits per heavy atom. The first-order valence-electron chi connectivity index (χ1n) is 6.69. The molecule has 0 N–H and O–H groups in total. The number of para-hydroxylation sites is 1. The van der Waals surface area contributed by atoms with Crippen molar-refractivity contribution >= 4 is 23.5 Å². The average Bonchev–Trinajstić information content (AvgIpc) is 2.89. The number of carbonyl (C=O) groups is 1. The summed E-state index contributed by atoms with van der Waals surface area (Å²) in [5.41, 5.74) is 0.946. The highest BCUT2D eigenvalue weighted by atomic mass is 19.1. The second-order valence-electron chi connectivity index (χ2n) is 4.82. The minimum absolute atomic E-state index is 0.101. The second kappa shape index (κ2) is 5.84. The summed E-state index contributed by atoms with van der Waals surface area (Å²) in [6.45, 7) is 0. The molecule has 2 aromatic rings. The standard InChI is InChI=1S/C17H10FNO4/c18-14-7-5-11(6-8-14)16-10-13(17(20)23-16)9-12-3-1-2-4-15(12)19(21)22/h1-10H. The molecule has 1 aliphatic heterocycles. The number of nitrogens with zero attached hydrogens (tertiary/aromatic N) is 1. The van der Waals surface area contributed by atoms with Crippen LogP contribution in [0.25, 0.3) is 11.8 Å². The van der Waals surface area contributed by atoms with E-state index >= 15 is 0 Å². The van der Waals surface area contributed by atoms with Crippen molar-refractivity contribution in [2.45, 2.75) is 0 Å². The summed E-state index contributed by atoms with van der Waals surface area (Å²) in [5, 5.41) is 11.0. The number of benzene rings is 2. The number of halogens is 1. The van der Waals surface area contributed by atoms with Crippen molar-refractivity contribution in [1.29, 1.82) is 0 Å². The summed E-state index contributed by atoms with van der Waals surface area (Å²) in [4.78, 5) is 22.4. The van der Waals surface area contributed by atoms with Crippen molar-refractivity contribution in [3.63, 3.8) is 0 Å². The molecule has 0 atom stereocenters. The third-order valence-electron chi connectivity index (χ3n) is 3.30. The zero-order chi connectivity index (χ0) is 16.4. The van der Waals surface area contributed by atoms with E-state index in [0.29, 0.717) is 11.1 Å². The molecule has 23 heavy (non-hydrogen) atoms. The number of rotatable bonds is 3. The quantitative estimate of drug-likeness (QED) is 0.375. The van der Waals surface area contributed by atoms with Crippen LogP contribution in [0.2, 0.25) is 0 Å². The molecular weight excluding hydrogens is 301 g/mol. The molecule has 0 aromatic heterocycles. The number of cyclic esters (lactones) is 1. The topological polar surface area (TPSA) is 69.4 Å². The first-order chi connectivity index (χ1) is 11.0. The molecular formula is C17H10FNO4. The molecule has 0 amide bonds. The lowest BCUT2D eigenvalue weighted by Crippen LogP contribution is -1.98. The number of esters is 1. The predicted molar refractivity (Wildman–Crippen MR) is 81.5 cm³/mol. The molecule has 0 saturated heterocycles. The van der Waals surface area contributed by atoms with E-state index in [4.69, 9.17) is 4.74 Å². The van der Waals surface area contributed by atoms with Gasteiger partial charge in [0.25, 0.3) is 5.69 Å². The first-order valence-corrected chi connectivity index (χ1v) is 6.69. The van der Waals surface area contributed by atoms with Crippen molar-refractivity contribution in [2.24, 2.45) is 0 Å². The van der Waals surface area contributed by atoms with Crippen LogP contribution in [0, 0.1) is 15.9 Å². The Hall–Kier alpha value is -3.28. The van der Waals surface area contributed by atoms with Gasteiger partial charge < -0.3 is 4.74 Å². The molecule has 6 heteroatoms. The van der Waals surface area contributed by atoms with Crippen LogP contribution in [0.4, 0.5) is 10.1 Å². The van der Waals surface area contributed by atoms with E-state index in [-0.39, 0.29) is 17.0 Å². The highest BCUT2D eigenvalue weighted by Crippen LogP contribution is 2.29. The lowest BCUT2D eigenvalue weighted by Gasteiger charge is -2.00. The summed E-state index contributed by atoms with van der Waals surface area (Å²) >= 11 is 0. The van der Waals surface area contributed by atoms with Gasteiger partial charge in [-0.05, 0) is 42.5 Å². The Morgan fingerprint density at radius 2 is 1.78 bits per heavy atom. The fourth-order valence-electron chi connectivity index (χ4n) is 2.19. The minimum Gasteiger partial charge on any atom is -0.422 e. The maximum Gasteiger partial charge on any atom is 0.343 e. The van der Waals surface area contributed by atoms with E-state index in [1.54, 1.807) is 18.2 Å². The molecule has 0 saturated carbocycles. The Balaban J connectivity index is 1.99. The second-order valence-corrected chi connectivity index (χ2v) is 4.82. The van der Waals surface area contributed by atoms with Gasteiger partial charge in [0.1, 0.15) is 11.6 Å². The van der Waals surface area contributed by atoms with Crippen LogP contribution in [0.5, 0.6) is 0 Å². The fourth-order valence-corrected chi connectivity index (χ4v) is 2.19. The average molecular weight is 311 g/mol. The summed E-state index contributed by atoms with van der Waals surface area (Å²) in [5.74, 6) is -0.725. The number of hydrogen-bond donors (Lipinski definition) is 0. The largest absolute Gasteiger partial charge is 0.422 e. The third kappa shape index (κ3) is 3.01. The van der Waals surface area contributed by atoms with Gasteiger partial charge in [0.2, 0.25) is 0 Å². The Kier molecular flexibility index (Phi) is 3.72. The van der Waals surface area contributed by atoms with Crippen molar-refractivity contribution in [2.75, 3.05) is 0 Å². The van der Waals surface area contributed by atoms with Crippen LogP contribution in [0.1, 0.15) is 11.1 Å². The fraction of sp³-hybridized carbons (Fsp3) is 0. The van der Waals surface area contributed by atoms with Crippen molar-refractivity contribution < 1.29 is 18.8 Å². The van der Waals surface area contributed by atoms with Crippen molar-refractivity contribution in [3.05, 3.63) is 87.2 Å². The first kappa shape index (κ1) is 14.6. The lowest BCUT2D eigenvalue weighted by molar-refractivity contribution is -0.385. The highest BCUT2D eigenvalue weighted by molar-refractivity contribution is 6.05. The van der Waals surface area contributed by atoms with Crippen LogP contribution in [0.3, 0.4) is 0 Å². The molecule has 2 aromatic carbocycles. The Labute approximate surface area is 130 Å². The molecule has 1 heterocycles. The van der Waals surface area contributed by atoms with E-state index in [1.165, 1.54) is 42.5 Å². The van der Waals surface area contributed by atoms with Gasteiger partial charge in [0.15, 0.2) is 0 Å². The lowest BCUT2D eigenvalue weighted by atomic mass is 10.1. The number of nitro benzene ring substituents is 1. The highest BCUT2D eigenvalue weighted by Gasteiger charge is 2.23. The number of hydrogen-bond acceptors (Lipinski definition) is 4. The summed E-state index contributed by atoms with van der Waals surface area (Å²) in [7, 11) is 0. The van der Waals surface area contributed by atoms with Gasteiger partial charge >= 0.3 is 5.97 Å². The van der Waals surface area contributed by atoms with E-state index < -0.39 is 16.7 Å². The van der Waals surface area contributed by atoms with Gasteiger partial charge in [0.05, 0.1) is 16.1 Å². The van der Waals surface area contributed by atoms with E-state index in [1.807, 2.05) is 0 Å². The molecule has 0 aliphatic carbocycles. The maximum absolute atomic E-state index is 12.9. The predicted octanol–water partition coefficient (Wildman–Crippen LogP) is 3.72. The minimum atomic E-state index is -0.609. The van der Waals surface area contributed by atoms with Crippen LogP contribution in [-0.4, -0.2) is 10.9 Å². The Bertz CT molecular complexity index is 853. The molecule has 0 bridgehead atoms. The van der Waals surface area contributed by atoms with E-state index in [2.05, 4.69) is 0 Å². The van der Waals surface area contributed by atoms with Gasteiger partial charge in [-0.15, -0.1) is 0 Å². The smallest absolute Gasteiger partial charge is 0.343 e. The van der Waals surface area contributed by atoms with Crippen molar-refractivity contribution in [1.82, 2.24) is 0 Å². The third-order valence-corrected chi connectivity index (χ3v) is 3.30.